The highest BCUT2D eigenvalue weighted by atomic mass is 16.2. The summed E-state index contributed by atoms with van der Waals surface area (Å²) in [6, 6.07) is 8.09. The summed E-state index contributed by atoms with van der Waals surface area (Å²) in [5, 5.41) is 3.15. The van der Waals surface area contributed by atoms with Gasteiger partial charge < -0.3 is 10.2 Å². The van der Waals surface area contributed by atoms with Crippen molar-refractivity contribution in [3.05, 3.63) is 35.9 Å². The first-order valence-electron chi connectivity index (χ1n) is 9.43. The number of nitrogens with zero attached hydrogens (tertiary/aromatic N) is 1. The summed E-state index contributed by atoms with van der Waals surface area (Å²) in [7, 11) is 0. The highest BCUT2D eigenvalue weighted by Gasteiger charge is 2.27. The molecule has 0 bridgehead atoms. The number of carbonyl (C=O) groups excluding carboxylic acids is 2. The fourth-order valence-corrected chi connectivity index (χ4v) is 3.87. The van der Waals surface area contributed by atoms with Gasteiger partial charge in [0.2, 0.25) is 11.8 Å². The van der Waals surface area contributed by atoms with Crippen molar-refractivity contribution in [1.82, 2.24) is 5.32 Å². The van der Waals surface area contributed by atoms with E-state index in [9.17, 15) is 9.59 Å². The second-order valence-electron chi connectivity index (χ2n) is 7.46. The molecular formula is C21H28N2O2. The molecule has 4 nitrogen and oxygen atoms in total. The van der Waals surface area contributed by atoms with Crippen LogP contribution in [0.4, 0.5) is 5.69 Å². The van der Waals surface area contributed by atoms with Crippen molar-refractivity contribution in [2.45, 2.75) is 52.0 Å². The molecule has 1 aromatic rings. The number of hydrogen-bond acceptors (Lipinski definition) is 2. The Balaban J connectivity index is 1.56. The molecule has 1 N–H and O–H groups in total. The van der Waals surface area contributed by atoms with Gasteiger partial charge in [0, 0.05) is 30.8 Å². The lowest BCUT2D eigenvalue weighted by Crippen LogP contribution is -2.43. The Morgan fingerprint density at radius 3 is 2.60 bits per heavy atom. The molecule has 3 atom stereocenters. The topological polar surface area (TPSA) is 49.4 Å². The molecule has 0 aromatic heterocycles. The molecule has 1 saturated carbocycles. The molecule has 134 valence electrons. The molecule has 4 heteroatoms. The van der Waals surface area contributed by atoms with Gasteiger partial charge in [-0.05, 0) is 48.4 Å². The number of rotatable bonds is 4. The Kier molecular flexibility index (Phi) is 5.57. The van der Waals surface area contributed by atoms with Crippen molar-refractivity contribution in [2.24, 2.45) is 11.8 Å². The predicted octanol–water partition coefficient (Wildman–Crippen LogP) is 3.77. The van der Waals surface area contributed by atoms with Gasteiger partial charge >= 0.3 is 0 Å². The highest BCUT2D eigenvalue weighted by Crippen LogP contribution is 2.29. The van der Waals surface area contributed by atoms with E-state index in [4.69, 9.17) is 0 Å². The van der Waals surface area contributed by atoms with Gasteiger partial charge in [0.15, 0.2) is 0 Å². The van der Waals surface area contributed by atoms with Gasteiger partial charge in [-0.25, -0.2) is 0 Å². The summed E-state index contributed by atoms with van der Waals surface area (Å²) in [6.07, 6.45) is 8.54. The monoisotopic (exact) mass is 340 g/mol. The van der Waals surface area contributed by atoms with Gasteiger partial charge in [0.25, 0.3) is 0 Å². The molecule has 2 amide bonds. The van der Waals surface area contributed by atoms with E-state index in [-0.39, 0.29) is 17.9 Å². The van der Waals surface area contributed by atoms with E-state index in [0.717, 1.165) is 30.6 Å². The van der Waals surface area contributed by atoms with E-state index < -0.39 is 0 Å². The van der Waals surface area contributed by atoms with Gasteiger partial charge in [-0.1, -0.05) is 38.8 Å². The summed E-state index contributed by atoms with van der Waals surface area (Å²) in [6.45, 7) is 5.30. The first-order chi connectivity index (χ1) is 12.0. The summed E-state index contributed by atoms with van der Waals surface area (Å²) in [5.74, 6) is 1.37. The first-order valence-corrected chi connectivity index (χ1v) is 9.43. The molecule has 3 unspecified atom stereocenters. The second kappa shape index (κ2) is 7.85. The Morgan fingerprint density at radius 2 is 1.92 bits per heavy atom. The van der Waals surface area contributed by atoms with Crippen LogP contribution in [0.25, 0.3) is 6.08 Å². The lowest BCUT2D eigenvalue weighted by Gasteiger charge is -2.34. The first kappa shape index (κ1) is 17.7. The fourth-order valence-electron chi connectivity index (χ4n) is 3.87. The molecule has 3 rings (SSSR count). The van der Waals surface area contributed by atoms with Crippen LogP contribution in [0.2, 0.25) is 0 Å². The zero-order valence-electron chi connectivity index (χ0n) is 15.2. The van der Waals surface area contributed by atoms with Crippen LogP contribution in [0.1, 0.15) is 51.5 Å². The summed E-state index contributed by atoms with van der Waals surface area (Å²) >= 11 is 0. The lowest BCUT2D eigenvalue weighted by molar-refractivity contribution is -0.118. The van der Waals surface area contributed by atoms with Crippen LogP contribution in [0, 0.1) is 11.8 Å². The molecule has 1 heterocycles. The van der Waals surface area contributed by atoms with Crippen LogP contribution in [-0.2, 0) is 9.59 Å². The van der Waals surface area contributed by atoms with Gasteiger partial charge in [-0.15, -0.1) is 0 Å². The van der Waals surface area contributed by atoms with Crippen molar-refractivity contribution < 1.29 is 9.59 Å². The van der Waals surface area contributed by atoms with Crippen molar-refractivity contribution in [3.8, 4) is 0 Å². The van der Waals surface area contributed by atoms with Crippen molar-refractivity contribution in [3.63, 3.8) is 0 Å². The largest absolute Gasteiger partial charge is 0.350 e. The smallest absolute Gasteiger partial charge is 0.244 e. The van der Waals surface area contributed by atoms with Gasteiger partial charge in [0.1, 0.15) is 0 Å². The molecule has 2 fully saturated rings. The van der Waals surface area contributed by atoms with Crippen LogP contribution in [0.5, 0.6) is 0 Å². The van der Waals surface area contributed by atoms with E-state index in [1.165, 1.54) is 12.8 Å². The van der Waals surface area contributed by atoms with Crippen LogP contribution in [0.3, 0.4) is 0 Å². The second-order valence-corrected chi connectivity index (χ2v) is 7.46. The summed E-state index contributed by atoms with van der Waals surface area (Å²) in [4.78, 5) is 25.8. The molecule has 25 heavy (non-hydrogen) atoms. The maximum absolute atomic E-state index is 12.2. The Hall–Kier alpha value is -2.10. The average molecular weight is 340 g/mol. The minimum absolute atomic E-state index is 0.0234. The lowest BCUT2D eigenvalue weighted by atomic mass is 9.78. The normalized spacial score (nSPS) is 27.0. The Morgan fingerprint density at radius 1 is 1.16 bits per heavy atom. The Labute approximate surface area is 150 Å². The number of nitrogens with one attached hydrogen (secondary N) is 1. The third-order valence-corrected chi connectivity index (χ3v) is 5.74. The quantitative estimate of drug-likeness (QED) is 0.848. The Bertz CT molecular complexity index is 650. The van der Waals surface area contributed by atoms with Crippen molar-refractivity contribution in [1.29, 1.82) is 0 Å². The molecule has 0 spiro atoms. The predicted molar refractivity (Wildman–Crippen MR) is 101 cm³/mol. The maximum atomic E-state index is 12.2. The summed E-state index contributed by atoms with van der Waals surface area (Å²) < 4.78 is 0. The van der Waals surface area contributed by atoms with Gasteiger partial charge in [-0.2, -0.15) is 0 Å². The van der Waals surface area contributed by atoms with Crippen LogP contribution < -0.4 is 10.2 Å². The van der Waals surface area contributed by atoms with Crippen LogP contribution >= 0.6 is 0 Å². The standard InChI is InChI=1S/C21H28N2O2/c1-15-5-3-6-19(16(15)2)22-20(24)13-10-17-8-11-18(12-9-17)23-14-4-7-21(23)25/h8-13,15-16,19H,3-7,14H2,1-2H3,(H,22,24)/b13-10+. The molecule has 1 aromatic carbocycles. The third-order valence-electron chi connectivity index (χ3n) is 5.74. The van der Waals surface area contributed by atoms with Crippen LogP contribution in [0.15, 0.2) is 30.3 Å². The number of carbonyl (C=O) groups is 2. The van der Waals surface area contributed by atoms with Crippen LogP contribution in [-0.4, -0.2) is 24.4 Å². The molecular weight excluding hydrogens is 312 g/mol. The summed E-state index contributed by atoms with van der Waals surface area (Å²) in [5.41, 5.74) is 1.91. The highest BCUT2D eigenvalue weighted by molar-refractivity contribution is 5.95. The molecule has 1 aliphatic carbocycles. The molecule has 2 aliphatic rings. The average Bonchev–Trinajstić information content (AvgIpc) is 3.04. The minimum atomic E-state index is -0.0234. The zero-order valence-corrected chi connectivity index (χ0v) is 15.2. The number of benzene rings is 1. The van der Waals surface area contributed by atoms with Crippen molar-refractivity contribution >= 4 is 23.6 Å². The molecule has 0 radical (unpaired) electrons. The number of anilines is 1. The molecule has 1 saturated heterocycles. The molecule has 1 aliphatic heterocycles. The van der Waals surface area contributed by atoms with E-state index in [0.29, 0.717) is 18.3 Å². The minimum Gasteiger partial charge on any atom is -0.350 e. The number of hydrogen-bond donors (Lipinski definition) is 1. The van der Waals surface area contributed by atoms with E-state index in [1.54, 1.807) is 6.08 Å². The van der Waals surface area contributed by atoms with Gasteiger partial charge in [0.05, 0.1) is 0 Å². The zero-order chi connectivity index (χ0) is 17.8. The van der Waals surface area contributed by atoms with E-state index in [2.05, 4.69) is 19.2 Å². The van der Waals surface area contributed by atoms with E-state index >= 15 is 0 Å². The van der Waals surface area contributed by atoms with Crippen molar-refractivity contribution in [2.75, 3.05) is 11.4 Å². The maximum Gasteiger partial charge on any atom is 0.244 e. The number of amides is 2. The van der Waals surface area contributed by atoms with E-state index in [1.807, 2.05) is 35.2 Å². The SMILES string of the molecule is CC1CCCC(NC(=O)/C=C/c2ccc(N3CCCC3=O)cc2)C1C. The third kappa shape index (κ3) is 4.30. The fraction of sp³-hybridized carbons (Fsp3) is 0.524. The van der Waals surface area contributed by atoms with Gasteiger partial charge in [-0.3, -0.25) is 9.59 Å².